The maximum absolute atomic E-state index is 5.57. The van der Waals surface area contributed by atoms with Gasteiger partial charge in [0, 0.05) is 5.56 Å². The van der Waals surface area contributed by atoms with Gasteiger partial charge in [0.1, 0.15) is 5.75 Å². The fourth-order valence-corrected chi connectivity index (χ4v) is 1.66. The van der Waals surface area contributed by atoms with Gasteiger partial charge in [-0.1, -0.05) is 12.1 Å². The van der Waals surface area contributed by atoms with Gasteiger partial charge in [0.25, 0.3) is 0 Å². The first-order valence-electron chi connectivity index (χ1n) is 5.75. The van der Waals surface area contributed by atoms with Crippen molar-refractivity contribution in [3.63, 3.8) is 0 Å². The topological polar surface area (TPSA) is 27.7 Å². The summed E-state index contributed by atoms with van der Waals surface area (Å²) in [6, 6.07) is 7.90. The van der Waals surface area contributed by atoms with Crippen LogP contribution < -0.4 is 4.74 Å². The van der Waals surface area contributed by atoms with E-state index in [1.807, 2.05) is 38.1 Å². The third-order valence-electron chi connectivity index (χ3n) is 2.35. The fourth-order valence-electron chi connectivity index (χ4n) is 1.66. The van der Waals surface area contributed by atoms with E-state index in [1.165, 1.54) is 0 Å². The standard InChI is InChI=1S/C13H18O3/c1-10(2)16-12-6-4-11(5-7-12)13-14-8-3-9-15-13/h4-7,10,13H,3,8-9H2,1-2H3. The zero-order chi connectivity index (χ0) is 11.4. The van der Waals surface area contributed by atoms with E-state index < -0.39 is 0 Å². The van der Waals surface area contributed by atoms with Crippen molar-refractivity contribution in [2.24, 2.45) is 0 Å². The van der Waals surface area contributed by atoms with Crippen LogP contribution in [-0.4, -0.2) is 19.3 Å². The van der Waals surface area contributed by atoms with E-state index in [2.05, 4.69) is 0 Å². The van der Waals surface area contributed by atoms with Crippen LogP contribution in [0.3, 0.4) is 0 Å². The third kappa shape index (κ3) is 2.97. The largest absolute Gasteiger partial charge is 0.491 e. The van der Waals surface area contributed by atoms with Crippen LogP contribution in [0.5, 0.6) is 5.75 Å². The molecule has 1 aliphatic heterocycles. The molecular weight excluding hydrogens is 204 g/mol. The maximum atomic E-state index is 5.57. The van der Waals surface area contributed by atoms with Crippen molar-refractivity contribution in [2.75, 3.05) is 13.2 Å². The van der Waals surface area contributed by atoms with Crippen LogP contribution in [0.15, 0.2) is 24.3 Å². The number of ether oxygens (including phenoxy) is 3. The summed E-state index contributed by atoms with van der Waals surface area (Å²) < 4.78 is 16.6. The van der Waals surface area contributed by atoms with Crippen molar-refractivity contribution in [3.05, 3.63) is 29.8 Å². The highest BCUT2D eigenvalue weighted by molar-refractivity contribution is 5.28. The number of rotatable bonds is 3. The molecule has 1 heterocycles. The highest BCUT2D eigenvalue weighted by atomic mass is 16.7. The van der Waals surface area contributed by atoms with Crippen LogP contribution in [-0.2, 0) is 9.47 Å². The average molecular weight is 222 g/mol. The number of hydrogen-bond acceptors (Lipinski definition) is 3. The lowest BCUT2D eigenvalue weighted by molar-refractivity contribution is -0.183. The van der Waals surface area contributed by atoms with Crippen molar-refractivity contribution >= 4 is 0 Å². The first-order chi connectivity index (χ1) is 7.75. The second kappa shape index (κ2) is 5.32. The maximum Gasteiger partial charge on any atom is 0.183 e. The monoisotopic (exact) mass is 222 g/mol. The lowest BCUT2D eigenvalue weighted by Crippen LogP contribution is -2.17. The highest BCUT2D eigenvalue weighted by Crippen LogP contribution is 2.24. The molecular formula is C13H18O3. The summed E-state index contributed by atoms with van der Waals surface area (Å²) in [7, 11) is 0. The van der Waals surface area contributed by atoms with E-state index in [0.29, 0.717) is 0 Å². The van der Waals surface area contributed by atoms with Gasteiger partial charge in [-0.15, -0.1) is 0 Å². The molecule has 3 heteroatoms. The zero-order valence-electron chi connectivity index (χ0n) is 9.81. The Hall–Kier alpha value is -1.06. The van der Waals surface area contributed by atoms with Crippen LogP contribution in [0, 0.1) is 0 Å². The molecule has 1 saturated heterocycles. The van der Waals surface area contributed by atoms with Gasteiger partial charge in [0.15, 0.2) is 6.29 Å². The van der Waals surface area contributed by atoms with Crippen molar-refractivity contribution < 1.29 is 14.2 Å². The minimum absolute atomic E-state index is 0.202. The van der Waals surface area contributed by atoms with Crippen LogP contribution in [0.1, 0.15) is 32.1 Å². The van der Waals surface area contributed by atoms with Crippen molar-refractivity contribution in [1.29, 1.82) is 0 Å². The van der Waals surface area contributed by atoms with Crippen LogP contribution in [0.4, 0.5) is 0 Å². The van der Waals surface area contributed by atoms with Gasteiger partial charge < -0.3 is 14.2 Å². The summed E-state index contributed by atoms with van der Waals surface area (Å²) in [5, 5.41) is 0. The third-order valence-corrected chi connectivity index (χ3v) is 2.35. The molecule has 1 aromatic rings. The fraction of sp³-hybridized carbons (Fsp3) is 0.538. The molecule has 0 radical (unpaired) electrons. The minimum atomic E-state index is -0.207. The Bertz CT molecular complexity index is 312. The van der Waals surface area contributed by atoms with E-state index in [1.54, 1.807) is 0 Å². The Morgan fingerprint density at radius 2 is 1.75 bits per heavy atom. The quantitative estimate of drug-likeness (QED) is 0.787. The summed E-state index contributed by atoms with van der Waals surface area (Å²) in [6.07, 6.45) is 0.972. The van der Waals surface area contributed by atoms with E-state index >= 15 is 0 Å². The SMILES string of the molecule is CC(C)Oc1ccc(C2OCCCO2)cc1. The molecule has 1 aliphatic rings. The lowest BCUT2D eigenvalue weighted by atomic mass is 10.2. The molecule has 0 N–H and O–H groups in total. The molecule has 3 nitrogen and oxygen atoms in total. The van der Waals surface area contributed by atoms with Gasteiger partial charge in [-0.2, -0.15) is 0 Å². The summed E-state index contributed by atoms with van der Waals surface area (Å²) >= 11 is 0. The van der Waals surface area contributed by atoms with Gasteiger partial charge >= 0.3 is 0 Å². The molecule has 0 aliphatic carbocycles. The Labute approximate surface area is 96.3 Å². The van der Waals surface area contributed by atoms with Crippen LogP contribution >= 0.6 is 0 Å². The second-order valence-electron chi connectivity index (χ2n) is 4.16. The number of hydrogen-bond donors (Lipinski definition) is 0. The van der Waals surface area contributed by atoms with Gasteiger partial charge in [-0.3, -0.25) is 0 Å². The predicted molar refractivity (Wildman–Crippen MR) is 61.5 cm³/mol. The van der Waals surface area contributed by atoms with Gasteiger partial charge in [-0.05, 0) is 32.4 Å². The Morgan fingerprint density at radius 1 is 1.12 bits per heavy atom. The summed E-state index contributed by atoms with van der Waals surface area (Å²) in [4.78, 5) is 0. The minimum Gasteiger partial charge on any atom is -0.491 e. The molecule has 0 unspecified atom stereocenters. The molecule has 2 rings (SSSR count). The van der Waals surface area contributed by atoms with Crippen LogP contribution in [0.25, 0.3) is 0 Å². The molecule has 1 fully saturated rings. The molecule has 16 heavy (non-hydrogen) atoms. The molecule has 88 valence electrons. The molecule has 0 amide bonds. The molecule has 0 bridgehead atoms. The Kier molecular flexibility index (Phi) is 3.80. The summed E-state index contributed by atoms with van der Waals surface area (Å²) in [5.74, 6) is 0.884. The smallest absolute Gasteiger partial charge is 0.183 e. The van der Waals surface area contributed by atoms with Crippen molar-refractivity contribution in [3.8, 4) is 5.75 Å². The molecule has 0 spiro atoms. The highest BCUT2D eigenvalue weighted by Gasteiger charge is 2.16. The van der Waals surface area contributed by atoms with E-state index in [9.17, 15) is 0 Å². The summed E-state index contributed by atoms with van der Waals surface area (Å²) in [6.45, 7) is 5.58. The number of benzene rings is 1. The lowest BCUT2D eigenvalue weighted by Gasteiger charge is -2.23. The normalized spacial score (nSPS) is 17.7. The average Bonchev–Trinajstić information content (AvgIpc) is 2.30. The first-order valence-corrected chi connectivity index (χ1v) is 5.75. The second-order valence-corrected chi connectivity index (χ2v) is 4.16. The molecule has 0 saturated carbocycles. The van der Waals surface area contributed by atoms with Gasteiger partial charge in [-0.25, -0.2) is 0 Å². The first kappa shape index (κ1) is 11.4. The van der Waals surface area contributed by atoms with Crippen LogP contribution in [0.2, 0.25) is 0 Å². The van der Waals surface area contributed by atoms with Crippen molar-refractivity contribution in [2.45, 2.75) is 32.7 Å². The van der Waals surface area contributed by atoms with Gasteiger partial charge in [0.05, 0.1) is 19.3 Å². The predicted octanol–water partition coefficient (Wildman–Crippen LogP) is 2.91. The van der Waals surface area contributed by atoms with E-state index in [-0.39, 0.29) is 12.4 Å². The Balaban J connectivity index is 2.00. The van der Waals surface area contributed by atoms with Crippen molar-refractivity contribution in [1.82, 2.24) is 0 Å². The Morgan fingerprint density at radius 3 is 2.31 bits per heavy atom. The zero-order valence-corrected chi connectivity index (χ0v) is 9.81. The van der Waals surface area contributed by atoms with Gasteiger partial charge in [0.2, 0.25) is 0 Å². The van der Waals surface area contributed by atoms with E-state index in [0.717, 1.165) is 30.9 Å². The van der Waals surface area contributed by atoms with E-state index in [4.69, 9.17) is 14.2 Å². The molecule has 0 atom stereocenters. The summed E-state index contributed by atoms with van der Waals surface area (Å²) in [5.41, 5.74) is 1.05. The molecule has 1 aromatic carbocycles. The molecule has 0 aromatic heterocycles.